The van der Waals surface area contributed by atoms with E-state index in [1.165, 1.54) is 7.11 Å². The van der Waals surface area contributed by atoms with Crippen LogP contribution < -0.4 is 0 Å². The van der Waals surface area contributed by atoms with Crippen molar-refractivity contribution in [1.82, 2.24) is 9.88 Å². The first kappa shape index (κ1) is 16.8. The van der Waals surface area contributed by atoms with E-state index in [9.17, 15) is 18.4 Å². The Bertz CT molecular complexity index is 683. The molecule has 3 rings (SSSR count). The Morgan fingerprint density at radius 3 is 2.58 bits per heavy atom. The first-order valence-corrected chi connectivity index (χ1v) is 8.05. The maximum atomic E-state index is 13.0. The SMILES string of the molecule is COC(=O)c1cc2c(nc1C)CCN(C(=O)C1CC(F)(F)C1)CC2. The number of aromatic nitrogens is 1. The third-order valence-corrected chi connectivity index (χ3v) is 4.81. The summed E-state index contributed by atoms with van der Waals surface area (Å²) in [6, 6.07) is 1.77. The van der Waals surface area contributed by atoms with Crippen LogP contribution in [0.15, 0.2) is 6.07 Å². The van der Waals surface area contributed by atoms with E-state index in [2.05, 4.69) is 4.98 Å². The van der Waals surface area contributed by atoms with Gasteiger partial charge in [0.05, 0.1) is 18.4 Å². The van der Waals surface area contributed by atoms with Gasteiger partial charge in [-0.15, -0.1) is 0 Å². The molecule has 130 valence electrons. The summed E-state index contributed by atoms with van der Waals surface area (Å²) >= 11 is 0. The zero-order chi connectivity index (χ0) is 17.5. The predicted octanol–water partition coefficient (Wildman–Crippen LogP) is 2.15. The zero-order valence-corrected chi connectivity index (χ0v) is 13.8. The molecule has 0 atom stereocenters. The highest BCUT2D eigenvalue weighted by atomic mass is 19.3. The number of alkyl halides is 2. The topological polar surface area (TPSA) is 59.5 Å². The molecule has 0 radical (unpaired) electrons. The first-order valence-electron chi connectivity index (χ1n) is 8.05. The molecule has 24 heavy (non-hydrogen) atoms. The summed E-state index contributed by atoms with van der Waals surface area (Å²) in [7, 11) is 1.32. The van der Waals surface area contributed by atoms with Crippen LogP contribution in [0.3, 0.4) is 0 Å². The average Bonchev–Trinajstić information content (AvgIpc) is 2.72. The monoisotopic (exact) mass is 338 g/mol. The second-order valence-corrected chi connectivity index (χ2v) is 6.51. The van der Waals surface area contributed by atoms with Crippen molar-refractivity contribution in [3.63, 3.8) is 0 Å². The lowest BCUT2D eigenvalue weighted by atomic mass is 9.80. The van der Waals surface area contributed by atoms with Crippen molar-refractivity contribution in [2.75, 3.05) is 20.2 Å². The van der Waals surface area contributed by atoms with Gasteiger partial charge in [-0.1, -0.05) is 0 Å². The van der Waals surface area contributed by atoms with Gasteiger partial charge in [0.1, 0.15) is 0 Å². The summed E-state index contributed by atoms with van der Waals surface area (Å²) in [6.07, 6.45) is 0.423. The largest absolute Gasteiger partial charge is 0.465 e. The number of pyridine rings is 1. The molecule has 1 amide bonds. The Morgan fingerprint density at radius 1 is 1.29 bits per heavy atom. The van der Waals surface area contributed by atoms with Gasteiger partial charge >= 0.3 is 5.97 Å². The van der Waals surface area contributed by atoms with Crippen molar-refractivity contribution < 1.29 is 23.1 Å². The minimum absolute atomic E-state index is 0.196. The van der Waals surface area contributed by atoms with Crippen LogP contribution in [0.1, 0.15) is 40.2 Å². The summed E-state index contributed by atoms with van der Waals surface area (Å²) in [5, 5.41) is 0. The number of nitrogens with zero attached hydrogens (tertiary/aromatic N) is 2. The molecule has 2 aliphatic rings. The van der Waals surface area contributed by atoms with Crippen LogP contribution in [0.25, 0.3) is 0 Å². The Morgan fingerprint density at radius 2 is 1.96 bits per heavy atom. The number of ether oxygens (including phenoxy) is 1. The second-order valence-electron chi connectivity index (χ2n) is 6.51. The number of rotatable bonds is 2. The van der Waals surface area contributed by atoms with Crippen LogP contribution in [0.4, 0.5) is 8.78 Å². The van der Waals surface area contributed by atoms with Crippen LogP contribution in [0.5, 0.6) is 0 Å². The van der Waals surface area contributed by atoms with Gasteiger partial charge in [-0.25, -0.2) is 13.6 Å². The normalized spacial score (nSPS) is 19.9. The quantitative estimate of drug-likeness (QED) is 0.776. The smallest absolute Gasteiger partial charge is 0.339 e. The summed E-state index contributed by atoms with van der Waals surface area (Å²) in [5.74, 6) is -3.89. The number of methoxy groups -OCH3 is 1. The average molecular weight is 338 g/mol. The van der Waals surface area contributed by atoms with Gasteiger partial charge in [-0.3, -0.25) is 9.78 Å². The van der Waals surface area contributed by atoms with Crippen LogP contribution >= 0.6 is 0 Å². The molecule has 0 bridgehead atoms. The van der Waals surface area contributed by atoms with Crippen molar-refractivity contribution in [1.29, 1.82) is 0 Å². The van der Waals surface area contributed by atoms with Crippen molar-refractivity contribution >= 4 is 11.9 Å². The van der Waals surface area contributed by atoms with Crippen molar-refractivity contribution in [2.24, 2.45) is 5.92 Å². The third-order valence-electron chi connectivity index (χ3n) is 4.81. The highest BCUT2D eigenvalue weighted by Gasteiger charge is 2.49. The minimum atomic E-state index is -2.69. The van der Waals surface area contributed by atoms with Crippen molar-refractivity contribution in [2.45, 2.75) is 38.5 Å². The number of aryl methyl sites for hydroxylation is 1. The first-order chi connectivity index (χ1) is 11.3. The number of carbonyl (C=O) groups excluding carboxylic acids is 2. The molecule has 5 nitrogen and oxygen atoms in total. The molecule has 1 saturated carbocycles. The van der Waals surface area contributed by atoms with E-state index >= 15 is 0 Å². The Hall–Kier alpha value is -2.05. The Kier molecular flexibility index (Phi) is 4.27. The molecule has 0 aromatic carbocycles. The molecule has 0 unspecified atom stereocenters. The molecule has 0 spiro atoms. The molecule has 0 N–H and O–H groups in total. The van der Waals surface area contributed by atoms with E-state index in [0.29, 0.717) is 37.2 Å². The summed E-state index contributed by atoms with van der Waals surface area (Å²) in [5.41, 5.74) is 2.79. The fourth-order valence-electron chi connectivity index (χ4n) is 3.37. The van der Waals surface area contributed by atoms with Gasteiger partial charge in [0.25, 0.3) is 0 Å². The maximum absolute atomic E-state index is 13.0. The molecule has 0 saturated heterocycles. The van der Waals surface area contributed by atoms with Gasteiger partial charge < -0.3 is 9.64 Å². The highest BCUT2D eigenvalue weighted by Crippen LogP contribution is 2.43. The van der Waals surface area contributed by atoms with Gasteiger partial charge in [0.15, 0.2) is 0 Å². The lowest BCUT2D eigenvalue weighted by molar-refractivity contribution is -0.159. The van der Waals surface area contributed by atoms with E-state index in [4.69, 9.17) is 4.74 Å². The number of hydrogen-bond acceptors (Lipinski definition) is 4. The van der Waals surface area contributed by atoms with Gasteiger partial charge in [0, 0.05) is 44.0 Å². The van der Waals surface area contributed by atoms with E-state index in [0.717, 1.165) is 11.3 Å². The Labute approximate surface area is 139 Å². The summed E-state index contributed by atoms with van der Waals surface area (Å²) in [6.45, 7) is 2.67. The molecule has 1 aliphatic carbocycles. The molecule has 2 heterocycles. The van der Waals surface area contributed by atoms with E-state index in [-0.39, 0.29) is 18.7 Å². The number of hydrogen-bond donors (Lipinski definition) is 0. The Balaban J connectivity index is 1.73. The number of amides is 1. The van der Waals surface area contributed by atoms with E-state index < -0.39 is 17.8 Å². The minimum Gasteiger partial charge on any atom is -0.465 e. The molecule has 1 fully saturated rings. The lowest BCUT2D eigenvalue weighted by Gasteiger charge is -2.36. The van der Waals surface area contributed by atoms with Crippen LogP contribution in [0.2, 0.25) is 0 Å². The van der Waals surface area contributed by atoms with Gasteiger partial charge in [-0.2, -0.15) is 0 Å². The molecular weight excluding hydrogens is 318 g/mol. The second kappa shape index (κ2) is 6.11. The van der Waals surface area contributed by atoms with Gasteiger partial charge in [0.2, 0.25) is 11.8 Å². The molecule has 1 aliphatic heterocycles. The zero-order valence-electron chi connectivity index (χ0n) is 13.8. The number of carbonyl (C=O) groups is 2. The molecule has 1 aromatic heterocycles. The van der Waals surface area contributed by atoms with Crippen molar-refractivity contribution in [3.05, 3.63) is 28.6 Å². The fourth-order valence-corrected chi connectivity index (χ4v) is 3.37. The van der Waals surface area contributed by atoms with E-state index in [1.54, 1.807) is 17.9 Å². The molecular formula is C17H20F2N2O3. The predicted molar refractivity (Wildman–Crippen MR) is 82.0 cm³/mol. The fraction of sp³-hybridized carbons (Fsp3) is 0.588. The van der Waals surface area contributed by atoms with Crippen LogP contribution in [0, 0.1) is 12.8 Å². The lowest BCUT2D eigenvalue weighted by Crippen LogP contribution is -2.47. The maximum Gasteiger partial charge on any atom is 0.339 e. The number of fused-ring (bicyclic) bond motifs is 1. The third kappa shape index (κ3) is 3.12. The van der Waals surface area contributed by atoms with Gasteiger partial charge in [-0.05, 0) is 25.0 Å². The molecule has 7 heteroatoms. The van der Waals surface area contributed by atoms with Crippen LogP contribution in [-0.2, 0) is 22.4 Å². The summed E-state index contributed by atoms with van der Waals surface area (Å²) < 4.78 is 30.7. The molecule has 1 aromatic rings. The number of esters is 1. The van der Waals surface area contributed by atoms with Crippen molar-refractivity contribution in [3.8, 4) is 0 Å². The highest BCUT2D eigenvalue weighted by molar-refractivity contribution is 5.90. The number of halogens is 2. The summed E-state index contributed by atoms with van der Waals surface area (Å²) in [4.78, 5) is 30.3. The van der Waals surface area contributed by atoms with E-state index in [1.807, 2.05) is 0 Å². The van der Waals surface area contributed by atoms with Crippen LogP contribution in [-0.4, -0.2) is 47.9 Å². The standard InChI is InChI=1S/C17H20F2N2O3/c1-10-13(16(23)24-2)7-11-3-5-21(6-4-14(11)20-10)15(22)12-8-17(18,19)9-12/h7,12H,3-6,8-9H2,1-2H3.